The van der Waals surface area contributed by atoms with Crippen LogP contribution in [-0.2, 0) is 4.74 Å². The molecule has 2 heterocycles. The smallest absolute Gasteiger partial charge is 0.0698 e. The largest absolute Gasteiger partial charge is 0.380 e. The lowest BCUT2D eigenvalue weighted by Gasteiger charge is -2.39. The highest BCUT2D eigenvalue weighted by molar-refractivity contribution is 9.10. The molecule has 1 aromatic rings. The van der Waals surface area contributed by atoms with Crippen molar-refractivity contribution in [3.05, 3.63) is 20.8 Å². The number of halogens is 1. The Morgan fingerprint density at radius 3 is 3.00 bits per heavy atom. The zero-order valence-corrected chi connectivity index (χ0v) is 14.0. The van der Waals surface area contributed by atoms with Crippen LogP contribution in [0, 0.1) is 0 Å². The van der Waals surface area contributed by atoms with E-state index in [1.807, 2.05) is 7.11 Å². The van der Waals surface area contributed by atoms with Crippen LogP contribution in [-0.4, -0.2) is 37.2 Å². The Bertz CT molecular complexity index is 399. The van der Waals surface area contributed by atoms with Crippen LogP contribution in [0.25, 0.3) is 0 Å². The number of hydrogen-bond donors (Lipinski definition) is 1. The Kier molecular flexibility index (Phi) is 5.84. The first-order valence-corrected chi connectivity index (χ1v) is 8.59. The molecule has 0 radical (unpaired) electrons. The molecule has 1 fully saturated rings. The molecule has 0 saturated carbocycles. The van der Waals surface area contributed by atoms with Gasteiger partial charge in [0, 0.05) is 34.4 Å². The van der Waals surface area contributed by atoms with E-state index in [4.69, 9.17) is 10.5 Å². The average molecular weight is 347 g/mol. The molecule has 3 nitrogen and oxygen atoms in total. The Morgan fingerprint density at radius 1 is 1.63 bits per heavy atom. The van der Waals surface area contributed by atoms with Crippen LogP contribution in [0.4, 0.5) is 0 Å². The molecule has 5 heteroatoms. The van der Waals surface area contributed by atoms with Gasteiger partial charge in [-0.05, 0) is 47.8 Å². The van der Waals surface area contributed by atoms with Crippen molar-refractivity contribution in [3.63, 3.8) is 0 Å². The average Bonchev–Trinajstić information content (AvgIpc) is 2.85. The number of ether oxygens (including phenoxy) is 1. The lowest BCUT2D eigenvalue weighted by Crippen LogP contribution is -2.47. The van der Waals surface area contributed by atoms with Crippen molar-refractivity contribution in [2.24, 2.45) is 5.73 Å². The van der Waals surface area contributed by atoms with Crippen LogP contribution in [0.1, 0.15) is 37.1 Å². The number of rotatable bonds is 5. The topological polar surface area (TPSA) is 38.5 Å². The van der Waals surface area contributed by atoms with E-state index in [-0.39, 0.29) is 6.04 Å². The maximum absolute atomic E-state index is 6.39. The summed E-state index contributed by atoms with van der Waals surface area (Å²) < 4.78 is 6.69. The van der Waals surface area contributed by atoms with Gasteiger partial charge in [-0.15, -0.1) is 11.3 Å². The van der Waals surface area contributed by atoms with Crippen molar-refractivity contribution >= 4 is 27.3 Å². The second kappa shape index (κ2) is 7.18. The van der Waals surface area contributed by atoms with E-state index in [0.29, 0.717) is 12.1 Å². The number of nitrogens with zero attached hydrogens (tertiary/aromatic N) is 1. The van der Waals surface area contributed by atoms with Crippen LogP contribution in [0.5, 0.6) is 0 Å². The van der Waals surface area contributed by atoms with Crippen molar-refractivity contribution in [2.75, 3.05) is 20.2 Å². The summed E-state index contributed by atoms with van der Waals surface area (Å²) in [6.45, 7) is 4.27. The predicted octanol–water partition coefficient (Wildman–Crippen LogP) is 3.40. The summed E-state index contributed by atoms with van der Waals surface area (Å²) in [6, 6.07) is 2.71. The van der Waals surface area contributed by atoms with E-state index in [9.17, 15) is 0 Å². The number of likely N-dealkylation sites (tertiary alicyclic amines) is 1. The van der Waals surface area contributed by atoms with Crippen molar-refractivity contribution in [2.45, 2.75) is 44.4 Å². The van der Waals surface area contributed by atoms with Gasteiger partial charge < -0.3 is 10.5 Å². The second-order valence-corrected chi connectivity index (χ2v) is 7.04. The third kappa shape index (κ3) is 3.79. The summed E-state index contributed by atoms with van der Waals surface area (Å²) >= 11 is 5.34. The molecule has 2 rings (SSSR count). The molecule has 1 aliphatic rings. The quantitative estimate of drug-likeness (QED) is 0.887. The third-order valence-corrected chi connectivity index (χ3v) is 5.66. The highest BCUT2D eigenvalue weighted by Gasteiger charge is 2.31. The van der Waals surface area contributed by atoms with Gasteiger partial charge in [0.05, 0.1) is 12.1 Å². The predicted molar refractivity (Wildman–Crippen MR) is 84.6 cm³/mol. The Labute approximate surface area is 128 Å². The molecule has 2 N–H and O–H groups in total. The molecule has 3 atom stereocenters. The van der Waals surface area contributed by atoms with E-state index in [1.165, 1.54) is 11.3 Å². The lowest BCUT2D eigenvalue weighted by atomic mass is 9.99. The van der Waals surface area contributed by atoms with E-state index >= 15 is 0 Å². The summed E-state index contributed by atoms with van der Waals surface area (Å²) in [5, 5.41) is 2.14. The second-order valence-electron chi connectivity index (χ2n) is 5.18. The fourth-order valence-electron chi connectivity index (χ4n) is 2.78. The normalized spacial score (nSPS) is 24.3. The molecule has 3 unspecified atom stereocenters. The first-order valence-electron chi connectivity index (χ1n) is 6.92. The number of methoxy groups -OCH3 is 1. The Morgan fingerprint density at radius 2 is 2.42 bits per heavy atom. The third-order valence-electron chi connectivity index (χ3n) is 3.89. The molecular weight excluding hydrogens is 324 g/mol. The molecule has 1 aliphatic heterocycles. The molecule has 0 bridgehead atoms. The summed E-state index contributed by atoms with van der Waals surface area (Å²) in [5.74, 6) is 0. The Balaban J connectivity index is 2.17. The highest BCUT2D eigenvalue weighted by atomic mass is 79.9. The van der Waals surface area contributed by atoms with Gasteiger partial charge in [0.2, 0.25) is 0 Å². The SMILES string of the molecule is CCC(N)C(c1cc(Br)cs1)N1CCCC(OC)C1. The van der Waals surface area contributed by atoms with E-state index in [1.54, 1.807) is 11.3 Å². The standard InChI is InChI=1S/C14H23BrN2OS/c1-3-12(16)14(13-7-10(15)9-19-13)17-6-4-5-11(8-17)18-2/h7,9,11-12,14H,3-6,8,16H2,1-2H3. The van der Waals surface area contributed by atoms with Crippen molar-refractivity contribution in [3.8, 4) is 0 Å². The number of nitrogens with two attached hydrogens (primary N) is 1. The van der Waals surface area contributed by atoms with Gasteiger partial charge in [0.15, 0.2) is 0 Å². The molecule has 1 saturated heterocycles. The summed E-state index contributed by atoms with van der Waals surface area (Å²) in [5.41, 5.74) is 6.39. The van der Waals surface area contributed by atoms with Gasteiger partial charge in [0.25, 0.3) is 0 Å². The monoisotopic (exact) mass is 346 g/mol. The first kappa shape index (κ1) is 15.4. The molecule has 0 aliphatic carbocycles. The molecule has 1 aromatic heterocycles. The maximum atomic E-state index is 6.39. The van der Waals surface area contributed by atoms with Crippen LogP contribution >= 0.6 is 27.3 Å². The van der Waals surface area contributed by atoms with Gasteiger partial charge >= 0.3 is 0 Å². The maximum Gasteiger partial charge on any atom is 0.0698 e. The fourth-order valence-corrected chi connectivity index (χ4v) is 4.43. The summed E-state index contributed by atoms with van der Waals surface area (Å²) in [6.07, 6.45) is 3.70. The highest BCUT2D eigenvalue weighted by Crippen LogP contribution is 2.34. The molecular formula is C14H23BrN2OS. The minimum atomic E-state index is 0.182. The minimum absolute atomic E-state index is 0.182. The van der Waals surface area contributed by atoms with Gasteiger partial charge in [-0.25, -0.2) is 0 Å². The van der Waals surface area contributed by atoms with E-state index in [0.717, 1.165) is 30.4 Å². The van der Waals surface area contributed by atoms with Gasteiger partial charge in [-0.2, -0.15) is 0 Å². The summed E-state index contributed by atoms with van der Waals surface area (Å²) in [4.78, 5) is 3.86. The summed E-state index contributed by atoms with van der Waals surface area (Å²) in [7, 11) is 1.81. The van der Waals surface area contributed by atoms with Crippen molar-refractivity contribution in [1.29, 1.82) is 0 Å². The zero-order valence-electron chi connectivity index (χ0n) is 11.6. The van der Waals surface area contributed by atoms with Crippen molar-refractivity contribution < 1.29 is 4.74 Å². The van der Waals surface area contributed by atoms with Gasteiger partial charge in [0.1, 0.15) is 0 Å². The van der Waals surface area contributed by atoms with E-state index < -0.39 is 0 Å². The number of thiophene rings is 1. The van der Waals surface area contributed by atoms with Crippen LogP contribution in [0.2, 0.25) is 0 Å². The Hall–Kier alpha value is 0.0600. The van der Waals surface area contributed by atoms with Crippen LogP contribution in [0.3, 0.4) is 0 Å². The van der Waals surface area contributed by atoms with Crippen LogP contribution in [0.15, 0.2) is 15.9 Å². The molecule has 0 aromatic carbocycles. The number of piperidine rings is 1. The number of hydrogen-bond acceptors (Lipinski definition) is 4. The van der Waals surface area contributed by atoms with Gasteiger partial charge in [-0.1, -0.05) is 6.92 Å². The lowest BCUT2D eigenvalue weighted by molar-refractivity contribution is 0.00967. The van der Waals surface area contributed by atoms with Gasteiger partial charge in [-0.3, -0.25) is 4.90 Å². The van der Waals surface area contributed by atoms with E-state index in [2.05, 4.69) is 39.2 Å². The molecule has 108 valence electrons. The fraction of sp³-hybridized carbons (Fsp3) is 0.714. The molecule has 0 spiro atoms. The molecule has 19 heavy (non-hydrogen) atoms. The first-order chi connectivity index (χ1) is 9.15. The van der Waals surface area contributed by atoms with Crippen LogP contribution < -0.4 is 5.73 Å². The van der Waals surface area contributed by atoms with Crippen molar-refractivity contribution in [1.82, 2.24) is 4.90 Å². The molecule has 0 amide bonds. The minimum Gasteiger partial charge on any atom is -0.380 e. The zero-order chi connectivity index (χ0) is 13.8.